The van der Waals surface area contributed by atoms with Crippen molar-refractivity contribution in [3.8, 4) is 0 Å². The molecule has 5 rings (SSSR count). The number of carbonyl (C=O) groups is 1. The molecule has 3 aliphatic rings. The molecule has 0 bridgehead atoms. The molecule has 0 amide bonds. The van der Waals surface area contributed by atoms with Gasteiger partial charge in [0.2, 0.25) is 5.43 Å². The Morgan fingerprint density at radius 1 is 1.26 bits per heavy atom. The van der Waals surface area contributed by atoms with E-state index < -0.39 is 51.9 Å². The molecule has 2 heterocycles. The number of aromatic carboxylic acids is 1. The summed E-state index contributed by atoms with van der Waals surface area (Å²) in [7, 11) is 0. The lowest BCUT2D eigenvalue weighted by Gasteiger charge is -2.24. The maximum absolute atomic E-state index is 15.7. The van der Waals surface area contributed by atoms with Crippen molar-refractivity contribution in [3.05, 3.63) is 33.6 Å². The molecule has 3 fully saturated rings. The zero-order valence-electron chi connectivity index (χ0n) is 16.4. The van der Waals surface area contributed by atoms with Crippen molar-refractivity contribution in [1.82, 2.24) is 4.57 Å². The van der Waals surface area contributed by atoms with Crippen LogP contribution < -0.4 is 21.8 Å². The van der Waals surface area contributed by atoms with Crippen LogP contribution in [-0.4, -0.2) is 40.4 Å². The molecule has 2 aliphatic carbocycles. The number of alkyl halides is 1. The van der Waals surface area contributed by atoms with Crippen molar-refractivity contribution in [1.29, 1.82) is 0 Å². The molecule has 11 heteroatoms. The third kappa shape index (κ3) is 3.15. The number of carboxylic acid groups (broad SMARTS) is 1. The molecule has 0 unspecified atom stereocenters. The van der Waals surface area contributed by atoms with Gasteiger partial charge in [0.05, 0.1) is 22.6 Å². The lowest BCUT2D eigenvalue weighted by molar-refractivity contribution is 0.0694. The molecule has 0 radical (unpaired) electrons. The highest BCUT2D eigenvalue weighted by molar-refractivity contribution is 5.99. The highest BCUT2D eigenvalue weighted by Crippen LogP contribution is 2.47. The number of rotatable bonds is 4. The summed E-state index contributed by atoms with van der Waals surface area (Å²) in [5.74, 6) is -3.63. The van der Waals surface area contributed by atoms with Crippen LogP contribution in [-0.2, 0) is 0 Å². The Balaban J connectivity index is 0.00000231. The summed E-state index contributed by atoms with van der Waals surface area (Å²) >= 11 is 0. The first-order chi connectivity index (χ1) is 14.1. The van der Waals surface area contributed by atoms with E-state index in [4.69, 9.17) is 11.5 Å². The van der Waals surface area contributed by atoms with Crippen LogP contribution in [0.2, 0.25) is 0 Å². The van der Waals surface area contributed by atoms with Gasteiger partial charge in [-0.15, -0.1) is 12.4 Å². The third-order valence-corrected chi connectivity index (χ3v) is 6.78. The van der Waals surface area contributed by atoms with E-state index in [0.717, 1.165) is 23.6 Å². The second-order valence-electron chi connectivity index (χ2n) is 8.68. The van der Waals surface area contributed by atoms with Gasteiger partial charge in [0.15, 0.2) is 11.6 Å². The summed E-state index contributed by atoms with van der Waals surface area (Å²) in [6, 6.07) is -0.830. The van der Waals surface area contributed by atoms with E-state index in [1.807, 2.05) is 0 Å². The minimum absolute atomic E-state index is 0. The first-order valence-electron chi connectivity index (χ1n) is 9.90. The van der Waals surface area contributed by atoms with E-state index in [2.05, 4.69) is 0 Å². The number of nitrogens with two attached hydrogens (primary N) is 2. The number of hydrogen-bond acceptors (Lipinski definition) is 5. The lowest BCUT2D eigenvalue weighted by Crippen LogP contribution is -2.35. The maximum atomic E-state index is 15.7. The first-order valence-corrected chi connectivity index (χ1v) is 9.90. The first kappa shape index (κ1) is 21.8. The number of halogens is 4. The Kier molecular flexibility index (Phi) is 4.93. The van der Waals surface area contributed by atoms with E-state index in [1.165, 1.54) is 4.90 Å². The average Bonchev–Trinajstić information content (AvgIpc) is 3.55. The normalized spacial score (nSPS) is 26.1. The monoisotopic (exact) mass is 458 g/mol. The van der Waals surface area contributed by atoms with Crippen LogP contribution in [0, 0.1) is 17.6 Å². The number of anilines is 2. The summed E-state index contributed by atoms with van der Waals surface area (Å²) in [6.45, 7) is 0.719. The molecule has 7 nitrogen and oxygen atoms in total. The van der Waals surface area contributed by atoms with Crippen molar-refractivity contribution in [3.63, 3.8) is 0 Å². The number of benzene rings is 1. The highest BCUT2D eigenvalue weighted by Gasteiger charge is 2.49. The molecule has 2 saturated carbocycles. The van der Waals surface area contributed by atoms with E-state index in [1.54, 1.807) is 0 Å². The van der Waals surface area contributed by atoms with E-state index in [9.17, 15) is 19.1 Å². The zero-order chi connectivity index (χ0) is 21.5. The molecule has 2 aromatic rings. The number of carboxylic acids is 1. The Hall–Kier alpha value is -2.46. The summed E-state index contributed by atoms with van der Waals surface area (Å²) in [4.78, 5) is 25.7. The summed E-state index contributed by atoms with van der Waals surface area (Å²) < 4.78 is 45.8. The van der Waals surface area contributed by atoms with Crippen LogP contribution in [0.25, 0.3) is 10.9 Å². The Bertz CT molecular complexity index is 1170. The fourth-order valence-corrected chi connectivity index (χ4v) is 4.67. The van der Waals surface area contributed by atoms with E-state index in [0.29, 0.717) is 19.5 Å². The van der Waals surface area contributed by atoms with Gasteiger partial charge in [-0.05, 0) is 25.2 Å². The molecule has 3 atom stereocenters. The lowest BCUT2D eigenvalue weighted by atomic mass is 9.97. The van der Waals surface area contributed by atoms with Crippen LogP contribution in [0.15, 0.2) is 11.0 Å². The number of nitrogens with zero attached hydrogens (tertiary/aromatic N) is 2. The predicted octanol–water partition coefficient (Wildman–Crippen LogP) is 2.58. The van der Waals surface area contributed by atoms with Crippen LogP contribution in [0.5, 0.6) is 0 Å². The number of fused-ring (bicyclic) bond motifs is 1. The SMILES string of the molecule is Cl.Nc1c(F)c(N2CC[C@@H](C3(N)CC3)C2)c(F)c2c1c(=O)c(C(=O)O)cn2[C@@H]1C[C@@H]1F. The summed E-state index contributed by atoms with van der Waals surface area (Å²) in [5.41, 5.74) is 8.68. The largest absolute Gasteiger partial charge is 0.477 e. The van der Waals surface area contributed by atoms with Gasteiger partial charge < -0.3 is 26.0 Å². The zero-order valence-corrected chi connectivity index (χ0v) is 17.2. The van der Waals surface area contributed by atoms with E-state index >= 15 is 8.78 Å². The number of pyridine rings is 1. The van der Waals surface area contributed by atoms with Gasteiger partial charge in [-0.2, -0.15) is 0 Å². The smallest absolute Gasteiger partial charge is 0.341 e. The van der Waals surface area contributed by atoms with Gasteiger partial charge in [-0.25, -0.2) is 18.0 Å². The van der Waals surface area contributed by atoms with Crippen molar-refractivity contribution in [2.24, 2.45) is 11.7 Å². The van der Waals surface area contributed by atoms with Gasteiger partial charge in [-0.3, -0.25) is 4.79 Å². The predicted molar refractivity (Wildman–Crippen MR) is 112 cm³/mol. The molecule has 5 N–H and O–H groups in total. The standard InChI is InChI=1S/C20H21F3N4O3.ClH/c21-10-5-11(10)27-7-9(19(29)30)18(28)12-15(24)13(22)17(14(23)16(12)27)26-4-1-8(6-26)20(25)2-3-20;/h7-8,10-11H,1-6,24-25H2,(H,29,30);1H/t8-,10+,11-;/m1./s1. The molecular weight excluding hydrogens is 437 g/mol. The minimum atomic E-state index is -1.57. The fraction of sp³-hybridized carbons (Fsp3) is 0.500. The van der Waals surface area contributed by atoms with Crippen LogP contribution in [0.1, 0.15) is 42.1 Å². The molecule has 168 valence electrons. The maximum Gasteiger partial charge on any atom is 0.341 e. The molecule has 1 aromatic heterocycles. The van der Waals surface area contributed by atoms with Gasteiger partial charge >= 0.3 is 5.97 Å². The number of hydrogen-bond donors (Lipinski definition) is 3. The molecule has 1 aliphatic heterocycles. The minimum Gasteiger partial charge on any atom is -0.477 e. The Morgan fingerprint density at radius 2 is 1.90 bits per heavy atom. The van der Waals surface area contributed by atoms with Crippen molar-refractivity contribution in [2.45, 2.75) is 43.4 Å². The second kappa shape index (κ2) is 7.03. The van der Waals surface area contributed by atoms with Crippen molar-refractivity contribution in [2.75, 3.05) is 23.7 Å². The summed E-state index contributed by atoms with van der Waals surface area (Å²) in [6.07, 6.45) is 2.07. The number of aromatic nitrogens is 1. The van der Waals surface area contributed by atoms with Crippen molar-refractivity contribution < 1.29 is 23.1 Å². The van der Waals surface area contributed by atoms with Gasteiger partial charge in [-0.1, -0.05) is 0 Å². The molecule has 1 aromatic carbocycles. The van der Waals surface area contributed by atoms with Gasteiger partial charge in [0.25, 0.3) is 0 Å². The van der Waals surface area contributed by atoms with Gasteiger partial charge in [0.1, 0.15) is 17.4 Å². The quantitative estimate of drug-likeness (QED) is 0.607. The molecule has 31 heavy (non-hydrogen) atoms. The third-order valence-electron chi connectivity index (χ3n) is 6.78. The second-order valence-corrected chi connectivity index (χ2v) is 8.68. The Morgan fingerprint density at radius 3 is 2.45 bits per heavy atom. The Labute approximate surface area is 181 Å². The molecular formula is C20H22ClF3N4O3. The van der Waals surface area contributed by atoms with Crippen LogP contribution in [0.3, 0.4) is 0 Å². The number of nitrogen functional groups attached to an aromatic ring is 1. The van der Waals surface area contributed by atoms with Gasteiger partial charge in [0, 0.05) is 31.2 Å². The fourth-order valence-electron chi connectivity index (χ4n) is 4.67. The topological polar surface area (TPSA) is 115 Å². The van der Waals surface area contributed by atoms with Crippen LogP contribution in [0.4, 0.5) is 24.5 Å². The van der Waals surface area contributed by atoms with Crippen LogP contribution >= 0.6 is 12.4 Å². The average molecular weight is 459 g/mol. The highest BCUT2D eigenvalue weighted by atomic mass is 35.5. The molecule has 0 spiro atoms. The summed E-state index contributed by atoms with van der Waals surface area (Å²) in [5, 5.41) is 8.76. The molecule has 1 saturated heterocycles. The van der Waals surface area contributed by atoms with E-state index in [-0.39, 0.29) is 41.5 Å². The van der Waals surface area contributed by atoms with Crippen molar-refractivity contribution >= 4 is 40.7 Å².